The molecule has 2 rings (SSSR count). The van der Waals surface area contributed by atoms with Crippen molar-refractivity contribution in [1.82, 2.24) is 9.63 Å². The van der Waals surface area contributed by atoms with Gasteiger partial charge in [-0.1, -0.05) is 0 Å². The standard InChI is InChI=1S/C13H19N2O8P/c16-9-1-2-10(17)14(9)6-8-24(21,22)7-5-13(20)23-15-11(18)3-4-12(15)19/h1-4,9-10,16-19H,5-8H2,(H,21,22). The number of hydrogen-bond donors (Lipinski definition) is 5. The fourth-order valence-electron chi connectivity index (χ4n) is 2.13. The van der Waals surface area contributed by atoms with E-state index in [9.17, 15) is 34.7 Å². The highest BCUT2D eigenvalue weighted by Crippen LogP contribution is 2.41. The van der Waals surface area contributed by atoms with Gasteiger partial charge < -0.3 is 30.2 Å². The highest BCUT2D eigenvalue weighted by molar-refractivity contribution is 7.58. The number of rotatable bonds is 7. The minimum atomic E-state index is -3.69. The zero-order chi connectivity index (χ0) is 17.9. The molecule has 134 valence electrons. The molecule has 0 spiro atoms. The first kappa shape index (κ1) is 18.5. The van der Waals surface area contributed by atoms with Gasteiger partial charge in [0.2, 0.25) is 19.1 Å². The van der Waals surface area contributed by atoms with E-state index in [1.807, 2.05) is 0 Å². The number of nitrogens with zero attached hydrogens (tertiary/aromatic N) is 2. The number of aromatic nitrogens is 1. The number of aliphatic hydroxyl groups is 2. The third-order valence-corrected chi connectivity index (χ3v) is 5.32. The summed E-state index contributed by atoms with van der Waals surface area (Å²) >= 11 is 0. The lowest BCUT2D eigenvalue weighted by Gasteiger charge is -2.24. The van der Waals surface area contributed by atoms with E-state index in [0.29, 0.717) is 4.73 Å². The maximum Gasteiger partial charge on any atom is 0.333 e. The van der Waals surface area contributed by atoms with Crippen LogP contribution in [0.1, 0.15) is 6.42 Å². The van der Waals surface area contributed by atoms with E-state index in [0.717, 1.165) is 12.1 Å². The first-order chi connectivity index (χ1) is 11.2. The van der Waals surface area contributed by atoms with Crippen molar-refractivity contribution in [1.29, 1.82) is 0 Å². The molecule has 0 radical (unpaired) electrons. The molecule has 0 saturated heterocycles. The Kier molecular flexibility index (Phi) is 5.68. The lowest BCUT2D eigenvalue weighted by atomic mass is 10.5. The molecule has 1 aliphatic heterocycles. The van der Waals surface area contributed by atoms with Crippen LogP contribution >= 0.6 is 7.37 Å². The first-order valence-electron chi connectivity index (χ1n) is 7.11. The topological polar surface area (TPSA) is 153 Å². The van der Waals surface area contributed by atoms with Gasteiger partial charge in [0.25, 0.3) is 0 Å². The van der Waals surface area contributed by atoms with E-state index in [-0.39, 0.29) is 18.9 Å². The quantitative estimate of drug-likeness (QED) is 0.304. The van der Waals surface area contributed by atoms with Gasteiger partial charge in [-0.3, -0.25) is 4.57 Å². The smallest absolute Gasteiger partial charge is 0.333 e. The Hall–Kier alpha value is -1.84. The largest absolute Gasteiger partial charge is 0.492 e. The van der Waals surface area contributed by atoms with Gasteiger partial charge in [-0.15, -0.1) is 4.73 Å². The van der Waals surface area contributed by atoms with Crippen LogP contribution in [-0.2, 0) is 9.36 Å². The minimum absolute atomic E-state index is 0.0304. The third-order valence-electron chi connectivity index (χ3n) is 3.50. The summed E-state index contributed by atoms with van der Waals surface area (Å²) in [4.78, 5) is 27.4. The Morgan fingerprint density at radius 3 is 2.21 bits per heavy atom. The number of aliphatic hydroxyl groups excluding tert-OH is 2. The predicted molar refractivity (Wildman–Crippen MR) is 81.4 cm³/mol. The molecule has 0 bridgehead atoms. The molecule has 10 nitrogen and oxygen atoms in total. The van der Waals surface area contributed by atoms with Crippen LogP contribution in [0.25, 0.3) is 0 Å². The van der Waals surface area contributed by atoms with Gasteiger partial charge in [-0.2, -0.15) is 0 Å². The summed E-state index contributed by atoms with van der Waals surface area (Å²) in [6, 6.07) is 2.22. The predicted octanol–water partition coefficient (Wildman–Crippen LogP) is -0.976. The highest BCUT2D eigenvalue weighted by atomic mass is 31.2. The number of carbonyl (C=O) groups is 1. The average Bonchev–Trinajstić information content (AvgIpc) is 3.00. The maximum atomic E-state index is 12.1. The summed E-state index contributed by atoms with van der Waals surface area (Å²) in [5, 5.41) is 37.8. The van der Waals surface area contributed by atoms with Crippen molar-refractivity contribution in [3.63, 3.8) is 0 Å². The maximum absolute atomic E-state index is 12.1. The van der Waals surface area contributed by atoms with Gasteiger partial charge in [0, 0.05) is 31.0 Å². The van der Waals surface area contributed by atoms with Gasteiger partial charge in [0.1, 0.15) is 12.5 Å². The molecule has 0 aliphatic carbocycles. The fraction of sp³-hybridized carbons (Fsp3) is 0.462. The van der Waals surface area contributed by atoms with Crippen molar-refractivity contribution in [3.8, 4) is 11.8 Å². The molecule has 1 aromatic heterocycles. The zero-order valence-corrected chi connectivity index (χ0v) is 13.5. The molecule has 1 aliphatic rings. The molecule has 24 heavy (non-hydrogen) atoms. The van der Waals surface area contributed by atoms with Crippen molar-refractivity contribution < 1.29 is 39.5 Å². The van der Waals surface area contributed by atoms with Crippen molar-refractivity contribution in [2.24, 2.45) is 0 Å². The van der Waals surface area contributed by atoms with Crippen molar-refractivity contribution in [2.75, 3.05) is 18.9 Å². The molecule has 2 heterocycles. The van der Waals surface area contributed by atoms with E-state index in [1.54, 1.807) is 0 Å². The minimum Gasteiger partial charge on any atom is -0.492 e. The van der Waals surface area contributed by atoms with E-state index in [4.69, 9.17) is 0 Å². The second-order valence-corrected chi connectivity index (χ2v) is 7.89. The zero-order valence-electron chi connectivity index (χ0n) is 12.6. The van der Waals surface area contributed by atoms with Crippen molar-refractivity contribution >= 4 is 13.3 Å². The molecule has 0 fully saturated rings. The van der Waals surface area contributed by atoms with Crippen LogP contribution in [0.15, 0.2) is 24.3 Å². The average molecular weight is 362 g/mol. The molecule has 3 atom stereocenters. The summed E-state index contributed by atoms with van der Waals surface area (Å²) in [5.74, 6) is -1.89. The Bertz CT molecular complexity index is 641. The Morgan fingerprint density at radius 1 is 1.12 bits per heavy atom. The Morgan fingerprint density at radius 2 is 1.67 bits per heavy atom. The van der Waals surface area contributed by atoms with Crippen LogP contribution in [0.2, 0.25) is 0 Å². The van der Waals surface area contributed by atoms with Crippen LogP contribution in [0, 0.1) is 0 Å². The molecular weight excluding hydrogens is 343 g/mol. The van der Waals surface area contributed by atoms with Gasteiger partial charge in [-0.25, -0.2) is 9.69 Å². The van der Waals surface area contributed by atoms with Gasteiger partial charge in [0.05, 0.1) is 6.42 Å². The molecule has 11 heteroatoms. The lowest BCUT2D eigenvalue weighted by molar-refractivity contribution is -0.145. The van der Waals surface area contributed by atoms with Gasteiger partial charge in [-0.05, 0) is 12.2 Å². The van der Waals surface area contributed by atoms with Gasteiger partial charge >= 0.3 is 5.97 Å². The van der Waals surface area contributed by atoms with E-state index in [1.165, 1.54) is 17.1 Å². The second-order valence-electron chi connectivity index (χ2n) is 5.30. The van der Waals surface area contributed by atoms with Crippen LogP contribution in [-0.4, -0.2) is 72.2 Å². The Balaban J connectivity index is 1.79. The second kappa shape index (κ2) is 7.37. The Labute approximate surface area is 137 Å². The van der Waals surface area contributed by atoms with E-state index >= 15 is 0 Å². The van der Waals surface area contributed by atoms with Crippen LogP contribution in [0.5, 0.6) is 11.8 Å². The van der Waals surface area contributed by atoms with Gasteiger partial charge in [0.15, 0.2) is 0 Å². The summed E-state index contributed by atoms with van der Waals surface area (Å²) in [5.41, 5.74) is 0. The third kappa shape index (κ3) is 4.59. The highest BCUT2D eigenvalue weighted by Gasteiger charge is 2.29. The summed E-state index contributed by atoms with van der Waals surface area (Å²) < 4.78 is 12.5. The molecule has 0 saturated carbocycles. The molecular formula is C13H19N2O8P. The van der Waals surface area contributed by atoms with Crippen molar-refractivity contribution in [3.05, 3.63) is 24.3 Å². The summed E-state index contributed by atoms with van der Waals surface area (Å²) in [7, 11) is -3.69. The normalized spacial score (nSPS) is 23.3. The first-order valence-corrected chi connectivity index (χ1v) is 9.14. The molecule has 0 aromatic carbocycles. The van der Waals surface area contributed by atoms with Crippen LogP contribution < -0.4 is 4.84 Å². The molecule has 3 unspecified atom stereocenters. The number of hydrogen-bond acceptors (Lipinski definition) is 8. The fourth-order valence-corrected chi connectivity index (χ4v) is 3.43. The molecule has 5 N–H and O–H groups in total. The lowest BCUT2D eigenvalue weighted by Crippen LogP contribution is -2.38. The van der Waals surface area contributed by atoms with E-state index in [2.05, 4.69) is 4.84 Å². The summed E-state index contributed by atoms with van der Waals surface area (Å²) in [6.45, 7) is -0.0304. The molecule has 0 amide bonds. The molecule has 1 aromatic rings. The number of aromatic hydroxyl groups is 2. The van der Waals surface area contributed by atoms with Crippen LogP contribution in [0.4, 0.5) is 0 Å². The summed E-state index contributed by atoms with van der Waals surface area (Å²) in [6.07, 6.45) is -0.332. The van der Waals surface area contributed by atoms with Crippen molar-refractivity contribution in [2.45, 2.75) is 18.9 Å². The monoisotopic (exact) mass is 362 g/mol. The van der Waals surface area contributed by atoms with Crippen LogP contribution in [0.3, 0.4) is 0 Å². The SMILES string of the molecule is O=C(CCP(=O)(O)CCN1C(O)C=CC1O)On1c(O)ccc1O. The van der Waals surface area contributed by atoms with E-state index < -0.39 is 44.0 Å². The number of carbonyl (C=O) groups excluding carboxylic acids is 1.